The molecule has 2 aliphatic rings. The highest BCUT2D eigenvalue weighted by Gasteiger charge is 2.44. The molecule has 1 aromatic carbocycles. The Balaban J connectivity index is 0.000000360. The Morgan fingerprint density at radius 3 is 2.25 bits per heavy atom. The number of piperidine rings is 1. The van der Waals surface area contributed by atoms with Gasteiger partial charge in [-0.15, -0.1) is 0 Å². The SMILES string of the molecule is Cc1ccc(CN2CCC3(CC2)Cc2ccccc2CN(C)C3=O)o1.O=C(O)C(F)(F)F. The molecular formula is C23H27F3N2O4. The third-order valence-electron chi connectivity index (χ3n) is 6.09. The number of aliphatic carboxylic acids is 1. The topological polar surface area (TPSA) is 74.0 Å². The second-order valence-electron chi connectivity index (χ2n) is 8.48. The van der Waals surface area contributed by atoms with E-state index in [1.807, 2.05) is 24.9 Å². The average Bonchev–Trinajstić information content (AvgIpc) is 3.10. The van der Waals surface area contributed by atoms with Crippen molar-refractivity contribution in [2.24, 2.45) is 5.41 Å². The van der Waals surface area contributed by atoms with Crippen molar-refractivity contribution < 1.29 is 32.3 Å². The van der Waals surface area contributed by atoms with Crippen molar-refractivity contribution in [3.05, 3.63) is 59.0 Å². The molecule has 1 spiro atoms. The fraction of sp³-hybridized carbons (Fsp3) is 0.478. The molecule has 1 N–H and O–H groups in total. The summed E-state index contributed by atoms with van der Waals surface area (Å²) in [4.78, 5) is 26.4. The van der Waals surface area contributed by atoms with Crippen molar-refractivity contribution in [2.75, 3.05) is 20.1 Å². The second kappa shape index (κ2) is 9.36. The number of fused-ring (bicyclic) bond motifs is 1. The minimum atomic E-state index is -5.08. The zero-order valence-electron chi connectivity index (χ0n) is 18.1. The normalized spacial score (nSPS) is 18.5. The fourth-order valence-electron chi connectivity index (χ4n) is 4.38. The standard InChI is InChI=1S/C21H26N2O2.C2HF3O2/c1-16-7-8-19(25-16)15-23-11-9-21(10-12-23)13-17-5-3-4-6-18(17)14-22(2)20(21)24;3-2(4,5)1(6)7/h3-8H,9-15H2,1-2H3;(H,6,7). The number of benzene rings is 1. The molecule has 1 aromatic heterocycles. The minimum absolute atomic E-state index is 0.239. The molecule has 6 nitrogen and oxygen atoms in total. The largest absolute Gasteiger partial charge is 0.490 e. The van der Waals surface area contributed by atoms with Gasteiger partial charge in [-0.25, -0.2) is 4.79 Å². The Kier molecular flexibility index (Phi) is 6.97. The quantitative estimate of drug-likeness (QED) is 0.745. The molecule has 4 rings (SSSR count). The van der Waals surface area contributed by atoms with Crippen molar-refractivity contribution in [1.82, 2.24) is 9.80 Å². The van der Waals surface area contributed by atoms with Crippen LogP contribution in [0.4, 0.5) is 13.2 Å². The number of hydrogen-bond donors (Lipinski definition) is 1. The van der Waals surface area contributed by atoms with E-state index < -0.39 is 12.1 Å². The van der Waals surface area contributed by atoms with Gasteiger partial charge in [0.05, 0.1) is 12.0 Å². The lowest BCUT2D eigenvalue weighted by Gasteiger charge is -2.41. The van der Waals surface area contributed by atoms with Gasteiger partial charge in [0, 0.05) is 13.6 Å². The number of hydrogen-bond acceptors (Lipinski definition) is 4. The number of carbonyl (C=O) groups excluding carboxylic acids is 1. The number of carbonyl (C=O) groups is 2. The third kappa shape index (κ3) is 5.51. The van der Waals surface area contributed by atoms with Gasteiger partial charge < -0.3 is 14.4 Å². The summed E-state index contributed by atoms with van der Waals surface area (Å²) in [5.41, 5.74) is 2.40. The van der Waals surface area contributed by atoms with E-state index in [0.29, 0.717) is 5.91 Å². The summed E-state index contributed by atoms with van der Waals surface area (Å²) in [6.45, 7) is 5.44. The number of carboxylic acids is 1. The molecule has 1 amide bonds. The molecule has 2 aliphatic heterocycles. The monoisotopic (exact) mass is 452 g/mol. The molecule has 3 heterocycles. The number of nitrogens with zero attached hydrogens (tertiary/aromatic N) is 2. The Bertz CT molecular complexity index is 962. The van der Waals surface area contributed by atoms with E-state index in [1.54, 1.807) is 0 Å². The van der Waals surface area contributed by atoms with Crippen LogP contribution in [0.15, 0.2) is 40.8 Å². The summed E-state index contributed by atoms with van der Waals surface area (Å²) in [6.07, 6.45) is -2.37. The van der Waals surface area contributed by atoms with Crippen LogP contribution in [0.3, 0.4) is 0 Å². The number of likely N-dealkylation sites (tertiary alicyclic amines) is 1. The first kappa shape index (κ1) is 23.8. The molecule has 2 aromatic rings. The Labute approximate surface area is 184 Å². The van der Waals surface area contributed by atoms with Crippen LogP contribution in [0.5, 0.6) is 0 Å². The molecule has 0 atom stereocenters. The number of carboxylic acid groups (broad SMARTS) is 1. The molecular weight excluding hydrogens is 425 g/mol. The van der Waals surface area contributed by atoms with Gasteiger partial charge in [-0.3, -0.25) is 9.69 Å². The van der Waals surface area contributed by atoms with Crippen molar-refractivity contribution in [2.45, 2.75) is 45.5 Å². The fourth-order valence-corrected chi connectivity index (χ4v) is 4.38. The summed E-state index contributed by atoms with van der Waals surface area (Å²) >= 11 is 0. The molecule has 0 saturated carbocycles. The molecule has 9 heteroatoms. The number of rotatable bonds is 2. The summed E-state index contributed by atoms with van der Waals surface area (Å²) in [5.74, 6) is -0.464. The number of halogens is 3. The maximum Gasteiger partial charge on any atom is 0.490 e. The number of amides is 1. The lowest BCUT2D eigenvalue weighted by molar-refractivity contribution is -0.192. The molecule has 0 radical (unpaired) electrons. The van der Waals surface area contributed by atoms with Crippen molar-refractivity contribution >= 4 is 11.9 Å². The molecule has 0 aliphatic carbocycles. The van der Waals surface area contributed by atoms with Crippen molar-refractivity contribution in [1.29, 1.82) is 0 Å². The predicted octanol–water partition coefficient (Wildman–Crippen LogP) is 4.02. The number of furan rings is 1. The molecule has 0 unspecified atom stereocenters. The lowest BCUT2D eigenvalue weighted by Crippen LogP contribution is -2.49. The highest BCUT2D eigenvalue weighted by Crippen LogP contribution is 2.40. The van der Waals surface area contributed by atoms with E-state index in [2.05, 4.69) is 35.2 Å². The van der Waals surface area contributed by atoms with Crippen LogP contribution in [0.1, 0.15) is 35.5 Å². The van der Waals surface area contributed by atoms with Gasteiger partial charge in [-0.05, 0) is 62.5 Å². The van der Waals surface area contributed by atoms with Gasteiger partial charge in [0.25, 0.3) is 0 Å². The molecule has 1 saturated heterocycles. The van der Waals surface area contributed by atoms with Gasteiger partial charge in [-0.2, -0.15) is 13.2 Å². The predicted molar refractivity (Wildman–Crippen MR) is 111 cm³/mol. The highest BCUT2D eigenvalue weighted by molar-refractivity contribution is 5.83. The zero-order chi connectivity index (χ0) is 23.5. The van der Waals surface area contributed by atoms with Crippen LogP contribution in [0.2, 0.25) is 0 Å². The summed E-state index contributed by atoms with van der Waals surface area (Å²) < 4.78 is 37.4. The second-order valence-corrected chi connectivity index (χ2v) is 8.48. The zero-order valence-corrected chi connectivity index (χ0v) is 18.1. The van der Waals surface area contributed by atoms with E-state index in [4.69, 9.17) is 14.3 Å². The van der Waals surface area contributed by atoms with E-state index in [0.717, 1.165) is 57.0 Å². The molecule has 32 heavy (non-hydrogen) atoms. The maximum absolute atomic E-state index is 13.1. The molecule has 174 valence electrons. The maximum atomic E-state index is 13.1. The van der Waals surface area contributed by atoms with Crippen LogP contribution in [0, 0.1) is 12.3 Å². The van der Waals surface area contributed by atoms with Crippen LogP contribution in [-0.4, -0.2) is 53.1 Å². The summed E-state index contributed by atoms with van der Waals surface area (Å²) in [7, 11) is 1.95. The van der Waals surface area contributed by atoms with E-state index in [-0.39, 0.29) is 5.41 Å². The van der Waals surface area contributed by atoms with Crippen molar-refractivity contribution in [3.8, 4) is 0 Å². The first-order valence-corrected chi connectivity index (χ1v) is 10.4. The van der Waals surface area contributed by atoms with Crippen LogP contribution in [0.25, 0.3) is 0 Å². The average molecular weight is 452 g/mol. The first-order chi connectivity index (χ1) is 15.0. The third-order valence-corrected chi connectivity index (χ3v) is 6.09. The Morgan fingerprint density at radius 1 is 1.12 bits per heavy atom. The van der Waals surface area contributed by atoms with Gasteiger partial charge >= 0.3 is 12.1 Å². The van der Waals surface area contributed by atoms with Crippen LogP contribution < -0.4 is 0 Å². The number of aryl methyl sites for hydroxylation is 1. The first-order valence-electron chi connectivity index (χ1n) is 10.4. The van der Waals surface area contributed by atoms with Crippen LogP contribution in [-0.2, 0) is 29.1 Å². The van der Waals surface area contributed by atoms with E-state index in [1.165, 1.54) is 11.1 Å². The van der Waals surface area contributed by atoms with Crippen LogP contribution >= 0.6 is 0 Å². The Hall–Kier alpha value is -2.81. The lowest BCUT2D eigenvalue weighted by atomic mass is 9.73. The molecule has 1 fully saturated rings. The number of alkyl halides is 3. The van der Waals surface area contributed by atoms with Gasteiger partial charge in [-0.1, -0.05) is 24.3 Å². The van der Waals surface area contributed by atoms with E-state index >= 15 is 0 Å². The minimum Gasteiger partial charge on any atom is -0.475 e. The smallest absolute Gasteiger partial charge is 0.475 e. The van der Waals surface area contributed by atoms with E-state index in [9.17, 15) is 18.0 Å². The molecule has 0 bridgehead atoms. The summed E-state index contributed by atoms with van der Waals surface area (Å²) in [6, 6.07) is 12.6. The van der Waals surface area contributed by atoms with Gasteiger partial charge in [0.15, 0.2) is 0 Å². The van der Waals surface area contributed by atoms with Gasteiger partial charge in [0.1, 0.15) is 11.5 Å². The highest BCUT2D eigenvalue weighted by atomic mass is 19.4. The Morgan fingerprint density at radius 2 is 1.72 bits per heavy atom. The summed E-state index contributed by atoms with van der Waals surface area (Å²) in [5, 5.41) is 7.12. The van der Waals surface area contributed by atoms with Gasteiger partial charge in [0.2, 0.25) is 5.91 Å². The van der Waals surface area contributed by atoms with Crippen molar-refractivity contribution in [3.63, 3.8) is 0 Å².